The average Bonchev–Trinajstić information content (AvgIpc) is 2.65. The van der Waals surface area contributed by atoms with Crippen molar-refractivity contribution in [3.8, 4) is 11.5 Å². The van der Waals surface area contributed by atoms with Crippen LogP contribution >= 0.6 is 0 Å². The van der Waals surface area contributed by atoms with Crippen LogP contribution in [0.2, 0.25) is 0 Å². The molecule has 0 amide bonds. The van der Waals surface area contributed by atoms with Gasteiger partial charge in [0, 0.05) is 0 Å². The van der Waals surface area contributed by atoms with Crippen LogP contribution in [0.1, 0.15) is 13.3 Å². The molecule has 1 unspecified atom stereocenters. The first-order valence-electron chi connectivity index (χ1n) is 5.57. The molecule has 1 heterocycles. The molecule has 0 aliphatic carbocycles. The Morgan fingerprint density at radius 2 is 1.84 bits per heavy atom. The van der Waals surface area contributed by atoms with Gasteiger partial charge in [-0.25, -0.2) is 6.61 Å². The van der Waals surface area contributed by atoms with E-state index in [2.05, 4.69) is 0 Å². The van der Waals surface area contributed by atoms with E-state index in [9.17, 15) is 8.42 Å². The Labute approximate surface area is 172 Å². The largest absolute Gasteiger partial charge is 1.00 e. The molecule has 7 heteroatoms. The number of hydrogen-bond donors (Lipinski definition) is 0. The number of ether oxygens (including phenoxy) is 2. The van der Waals surface area contributed by atoms with E-state index in [0.29, 0.717) is 11.7 Å². The molecule has 0 aromatic heterocycles. The smallest absolute Gasteiger partial charge is 0.520 e. The zero-order valence-electron chi connectivity index (χ0n) is 11.2. The van der Waals surface area contributed by atoms with Crippen LogP contribution in [0.5, 0.6) is 11.5 Å². The summed E-state index contributed by atoms with van der Waals surface area (Å²) in [6.07, 6.45) is 1.53. The summed E-state index contributed by atoms with van der Waals surface area (Å²) in [6, 6.07) is 6.37. The summed E-state index contributed by atoms with van der Waals surface area (Å²) in [7, 11) is -3.49. The van der Waals surface area contributed by atoms with Crippen molar-refractivity contribution in [3.63, 3.8) is 0 Å². The van der Waals surface area contributed by atoms with Crippen molar-refractivity contribution in [3.05, 3.63) is 30.9 Å². The van der Waals surface area contributed by atoms with Gasteiger partial charge in [0.25, 0.3) is 0 Å². The first kappa shape index (κ1) is 17.8. The fourth-order valence-corrected chi connectivity index (χ4v) is 2.07. The van der Waals surface area contributed by atoms with E-state index in [1.54, 1.807) is 30.9 Å². The molecule has 5 nitrogen and oxygen atoms in total. The molecule has 0 N–H and O–H groups in total. The van der Waals surface area contributed by atoms with Gasteiger partial charge in [0.2, 0.25) is 0 Å². The molecular weight excluding hydrogens is 389 g/mol. The summed E-state index contributed by atoms with van der Waals surface area (Å²) in [5, 5.41) is 0. The van der Waals surface area contributed by atoms with Gasteiger partial charge in [-0.2, -0.15) is 8.42 Å². The Balaban J connectivity index is 0.00000180. The molecule has 1 aliphatic rings. The van der Waals surface area contributed by atoms with Crippen LogP contribution in [0.15, 0.2) is 24.3 Å². The second-order valence-corrected chi connectivity index (χ2v) is 5.87. The van der Waals surface area contributed by atoms with Crippen molar-refractivity contribution in [2.45, 2.75) is 19.6 Å². The Morgan fingerprint density at radius 3 is 2.32 bits per heavy atom. The van der Waals surface area contributed by atoms with E-state index in [1.165, 1.54) is 0 Å². The maximum absolute atomic E-state index is 10.9. The van der Waals surface area contributed by atoms with Crippen LogP contribution in [0.4, 0.5) is 0 Å². The van der Waals surface area contributed by atoms with Gasteiger partial charge in [0.15, 0.2) is 6.29 Å². The quantitative estimate of drug-likeness (QED) is 0.474. The molecule has 1 saturated heterocycles. The van der Waals surface area contributed by atoms with Crippen LogP contribution in [0.3, 0.4) is 0 Å². The van der Waals surface area contributed by atoms with E-state index < -0.39 is 10.1 Å². The summed E-state index contributed by atoms with van der Waals surface area (Å²) in [5.41, 5.74) is 0. The van der Waals surface area contributed by atoms with Crippen LogP contribution in [0.25, 0.3) is 0 Å². The monoisotopic (exact) mass is 404 g/mol. The van der Waals surface area contributed by atoms with E-state index in [0.717, 1.165) is 12.7 Å². The van der Waals surface area contributed by atoms with Crippen LogP contribution < -0.4 is 77.8 Å². The normalized spacial score (nSPS) is 22.6. The van der Waals surface area contributed by atoms with Crippen LogP contribution in [0, 0.1) is 12.5 Å². The van der Waals surface area contributed by atoms with Gasteiger partial charge in [-0.05, 0) is 30.7 Å². The number of benzene rings is 1. The van der Waals surface area contributed by atoms with Crippen molar-refractivity contribution in [1.82, 2.24) is 0 Å². The third-order valence-corrected chi connectivity index (χ3v) is 2.86. The molecule has 1 aliphatic heterocycles. The zero-order chi connectivity index (χ0) is 13.2. The molecule has 0 spiro atoms. The molecule has 100 valence electrons. The fraction of sp³-hybridized carbons (Fsp3) is 0.417. The van der Waals surface area contributed by atoms with Crippen LogP contribution in [-0.4, -0.2) is 21.0 Å². The second kappa shape index (κ2) is 7.69. The molecule has 0 bridgehead atoms. The van der Waals surface area contributed by atoms with Gasteiger partial charge >= 0.3 is 79.0 Å². The topological polar surface area (TPSA) is 61.8 Å². The fourth-order valence-electron chi connectivity index (χ4n) is 1.61. The molecular formula is C12H15CsO5S. The molecule has 1 aromatic rings. The van der Waals surface area contributed by atoms with Crippen molar-refractivity contribution < 1.29 is 91.0 Å². The van der Waals surface area contributed by atoms with Gasteiger partial charge in [-0.15, -0.1) is 5.92 Å². The van der Waals surface area contributed by atoms with E-state index in [-0.39, 0.29) is 80.9 Å². The van der Waals surface area contributed by atoms with Gasteiger partial charge < -0.3 is 13.7 Å². The van der Waals surface area contributed by atoms with Crippen molar-refractivity contribution >= 4 is 10.1 Å². The molecule has 19 heavy (non-hydrogen) atoms. The Bertz CT molecular complexity index is 499. The second-order valence-electron chi connectivity index (χ2n) is 4.29. The summed E-state index contributed by atoms with van der Waals surface area (Å²) in [4.78, 5) is 0. The van der Waals surface area contributed by atoms with Crippen molar-refractivity contribution in [1.29, 1.82) is 0 Å². The number of hydrogen-bond acceptors (Lipinski definition) is 5. The first-order valence-corrected chi connectivity index (χ1v) is 7.39. The standard InChI is InChI=1S/C12H15O5S.Cs/c1-9-7-12(15-8-9)16-10-3-5-11(6-4-10)17-18(2,13)14;/h3-6,8-9,12H,7H2,1-2H3;/q-1;+1/t9-,12?;/m1./s1. The summed E-state index contributed by atoms with van der Waals surface area (Å²) in [6.45, 7) is 3.80. The maximum atomic E-state index is 10.9. The minimum Gasteiger partial charge on any atom is -0.520 e. The van der Waals surface area contributed by atoms with Gasteiger partial charge in [-0.3, -0.25) is 0 Å². The first-order chi connectivity index (χ1) is 8.42. The molecule has 0 radical (unpaired) electrons. The molecule has 1 aromatic carbocycles. The Kier molecular flexibility index (Phi) is 7.22. The summed E-state index contributed by atoms with van der Waals surface area (Å²) >= 11 is 0. The van der Waals surface area contributed by atoms with E-state index >= 15 is 0 Å². The molecule has 0 saturated carbocycles. The number of rotatable bonds is 4. The zero-order valence-corrected chi connectivity index (χ0v) is 18.3. The van der Waals surface area contributed by atoms with Crippen LogP contribution in [-0.2, 0) is 14.9 Å². The van der Waals surface area contributed by atoms with Crippen molar-refractivity contribution in [2.75, 3.05) is 6.26 Å². The molecule has 2 atom stereocenters. The Morgan fingerprint density at radius 1 is 1.26 bits per heavy atom. The third kappa shape index (κ3) is 6.39. The van der Waals surface area contributed by atoms with Gasteiger partial charge in [0.1, 0.15) is 11.5 Å². The summed E-state index contributed by atoms with van der Waals surface area (Å²) < 4.78 is 37.4. The molecule has 2 rings (SSSR count). The van der Waals surface area contributed by atoms with Gasteiger partial charge in [0.05, 0.1) is 6.26 Å². The SMILES string of the molecule is C[C@H]1[CH-]OC(Oc2ccc(OS(C)(=O)=O)cc2)C1.[Cs+]. The van der Waals surface area contributed by atoms with E-state index in [1.807, 2.05) is 6.92 Å². The predicted molar refractivity (Wildman–Crippen MR) is 65.5 cm³/mol. The maximum Gasteiger partial charge on any atom is 1.00 e. The minimum atomic E-state index is -3.49. The van der Waals surface area contributed by atoms with Gasteiger partial charge in [-0.1, -0.05) is 6.92 Å². The predicted octanol–water partition coefficient (Wildman–Crippen LogP) is -1.05. The Hall–Kier alpha value is 0.782. The average molecular weight is 404 g/mol. The summed E-state index contributed by atoms with van der Waals surface area (Å²) in [5.74, 6) is 1.25. The minimum absolute atomic E-state index is 0. The van der Waals surface area contributed by atoms with Crippen molar-refractivity contribution in [2.24, 2.45) is 5.92 Å². The van der Waals surface area contributed by atoms with E-state index in [4.69, 9.17) is 13.7 Å². The molecule has 1 fully saturated rings. The third-order valence-electron chi connectivity index (χ3n) is 2.37.